The minimum atomic E-state index is 1.07. The molecule has 50 valence electrons. The molecule has 0 saturated heterocycles. The number of hydrogen-bond donors (Lipinski definition) is 0. The maximum atomic E-state index is 4.08. The Morgan fingerprint density at radius 2 is 2.56 bits per heavy atom. The van der Waals surface area contributed by atoms with Crippen LogP contribution in [0.3, 0.4) is 0 Å². The van der Waals surface area contributed by atoms with Crippen LogP contribution in [0.1, 0.15) is 13.3 Å². The van der Waals surface area contributed by atoms with Gasteiger partial charge < -0.3 is 4.57 Å². The van der Waals surface area contributed by atoms with Gasteiger partial charge in [0.05, 0.1) is 6.33 Å². The van der Waals surface area contributed by atoms with Crippen molar-refractivity contribution in [1.29, 1.82) is 0 Å². The van der Waals surface area contributed by atoms with Gasteiger partial charge in [0.2, 0.25) is 0 Å². The predicted molar refractivity (Wildman–Crippen MR) is 45.2 cm³/mol. The highest BCUT2D eigenvalue weighted by molar-refractivity contribution is 14.1. The van der Waals surface area contributed by atoms with Crippen molar-refractivity contribution in [2.45, 2.75) is 19.9 Å². The fourth-order valence-electron chi connectivity index (χ4n) is 0.713. The van der Waals surface area contributed by atoms with E-state index in [2.05, 4.69) is 39.1 Å². The highest BCUT2D eigenvalue weighted by Crippen LogP contribution is 1.99. The summed E-state index contributed by atoms with van der Waals surface area (Å²) in [5.74, 6) is 0. The minimum Gasteiger partial charge on any atom is -0.336 e. The zero-order chi connectivity index (χ0) is 6.69. The lowest BCUT2D eigenvalue weighted by molar-refractivity contribution is 0.678. The van der Waals surface area contributed by atoms with Crippen molar-refractivity contribution >= 4 is 22.6 Å². The molecule has 0 atom stereocenters. The van der Waals surface area contributed by atoms with Crippen LogP contribution in [-0.2, 0) is 6.54 Å². The third kappa shape index (κ3) is 1.97. The molecular weight excluding hydrogens is 227 g/mol. The Kier molecular flexibility index (Phi) is 2.50. The first kappa shape index (κ1) is 7.05. The van der Waals surface area contributed by atoms with Crippen LogP contribution in [-0.4, -0.2) is 9.55 Å². The fraction of sp³-hybridized carbons (Fsp3) is 0.500. The molecule has 0 radical (unpaired) electrons. The molecule has 1 aromatic heterocycles. The average molecular weight is 236 g/mol. The van der Waals surface area contributed by atoms with E-state index < -0.39 is 0 Å². The third-order valence-electron chi connectivity index (χ3n) is 1.08. The second kappa shape index (κ2) is 3.20. The summed E-state index contributed by atoms with van der Waals surface area (Å²) in [6.07, 6.45) is 5.09. The summed E-state index contributed by atoms with van der Waals surface area (Å²) in [5, 5.41) is 0. The van der Waals surface area contributed by atoms with Crippen molar-refractivity contribution in [2.75, 3.05) is 0 Å². The van der Waals surface area contributed by atoms with Crippen LogP contribution < -0.4 is 0 Å². The Hall–Kier alpha value is -0.0600. The highest BCUT2D eigenvalue weighted by Gasteiger charge is 1.90. The van der Waals surface area contributed by atoms with Crippen LogP contribution in [0.5, 0.6) is 0 Å². The number of nitrogens with zero attached hydrogens (tertiary/aromatic N) is 2. The molecule has 0 spiro atoms. The quantitative estimate of drug-likeness (QED) is 0.717. The lowest BCUT2D eigenvalue weighted by Gasteiger charge is -1.93. The van der Waals surface area contributed by atoms with Crippen molar-refractivity contribution in [3.05, 3.63) is 16.2 Å². The first-order valence-corrected chi connectivity index (χ1v) is 4.08. The molecule has 0 aliphatic carbocycles. The average Bonchev–Trinajstić information content (AvgIpc) is 2.17. The standard InChI is InChI=1S/C6H9IN2/c1-2-3-9-4-6(7)8-5-9/h4-5H,2-3H2,1H3. The molecule has 2 nitrogen and oxygen atoms in total. The van der Waals surface area contributed by atoms with E-state index in [1.165, 1.54) is 6.42 Å². The molecular formula is C6H9IN2. The molecule has 1 rings (SSSR count). The van der Waals surface area contributed by atoms with Crippen LogP contribution in [0.25, 0.3) is 0 Å². The first-order chi connectivity index (χ1) is 4.33. The maximum Gasteiger partial charge on any atom is 0.119 e. The molecule has 1 heterocycles. The van der Waals surface area contributed by atoms with Gasteiger partial charge in [0.15, 0.2) is 0 Å². The Morgan fingerprint density at radius 1 is 1.78 bits per heavy atom. The summed E-state index contributed by atoms with van der Waals surface area (Å²) < 4.78 is 3.17. The normalized spacial score (nSPS) is 10.0. The Bertz CT molecular complexity index is 183. The highest BCUT2D eigenvalue weighted by atomic mass is 127. The zero-order valence-electron chi connectivity index (χ0n) is 5.34. The van der Waals surface area contributed by atoms with E-state index in [0.29, 0.717) is 0 Å². The molecule has 0 N–H and O–H groups in total. The van der Waals surface area contributed by atoms with E-state index in [0.717, 1.165) is 10.2 Å². The summed E-state index contributed by atoms with van der Waals surface area (Å²) in [4.78, 5) is 4.08. The summed E-state index contributed by atoms with van der Waals surface area (Å²) in [7, 11) is 0. The number of aryl methyl sites for hydroxylation is 1. The van der Waals surface area contributed by atoms with Gasteiger partial charge in [0.1, 0.15) is 3.70 Å². The molecule has 9 heavy (non-hydrogen) atoms. The van der Waals surface area contributed by atoms with E-state index in [1.807, 2.05) is 12.5 Å². The van der Waals surface area contributed by atoms with Crippen molar-refractivity contribution in [2.24, 2.45) is 0 Å². The smallest absolute Gasteiger partial charge is 0.119 e. The van der Waals surface area contributed by atoms with Crippen LogP contribution >= 0.6 is 22.6 Å². The van der Waals surface area contributed by atoms with Crippen molar-refractivity contribution in [1.82, 2.24) is 9.55 Å². The third-order valence-corrected chi connectivity index (χ3v) is 1.64. The number of hydrogen-bond acceptors (Lipinski definition) is 1. The van der Waals surface area contributed by atoms with E-state index in [1.54, 1.807) is 0 Å². The van der Waals surface area contributed by atoms with Crippen molar-refractivity contribution < 1.29 is 0 Å². The SMILES string of the molecule is CCCn1cnc(I)c1. The van der Waals surface area contributed by atoms with Crippen molar-refractivity contribution in [3.63, 3.8) is 0 Å². The van der Waals surface area contributed by atoms with E-state index in [4.69, 9.17) is 0 Å². The topological polar surface area (TPSA) is 17.8 Å². The van der Waals surface area contributed by atoms with Gasteiger partial charge in [0, 0.05) is 12.7 Å². The minimum absolute atomic E-state index is 1.07. The molecule has 0 fully saturated rings. The van der Waals surface area contributed by atoms with Gasteiger partial charge >= 0.3 is 0 Å². The van der Waals surface area contributed by atoms with Gasteiger partial charge in [-0.05, 0) is 29.0 Å². The van der Waals surface area contributed by atoms with Crippen LogP contribution in [0.2, 0.25) is 0 Å². The second-order valence-corrected chi connectivity index (χ2v) is 3.04. The molecule has 0 saturated carbocycles. The Balaban J connectivity index is 2.61. The summed E-state index contributed by atoms with van der Waals surface area (Å²) in [6, 6.07) is 0. The van der Waals surface area contributed by atoms with Gasteiger partial charge in [-0.1, -0.05) is 6.92 Å². The van der Waals surface area contributed by atoms with Crippen LogP contribution in [0.15, 0.2) is 12.5 Å². The van der Waals surface area contributed by atoms with Gasteiger partial charge in [0.25, 0.3) is 0 Å². The fourth-order valence-corrected chi connectivity index (χ4v) is 1.20. The Labute approximate surface area is 68.4 Å². The summed E-state index contributed by atoms with van der Waals surface area (Å²) in [5.41, 5.74) is 0. The lowest BCUT2D eigenvalue weighted by atomic mass is 10.5. The number of rotatable bonds is 2. The van der Waals surface area contributed by atoms with Gasteiger partial charge in [-0.3, -0.25) is 0 Å². The van der Waals surface area contributed by atoms with Crippen LogP contribution in [0, 0.1) is 3.70 Å². The molecule has 0 aliphatic heterocycles. The van der Waals surface area contributed by atoms with Crippen LogP contribution in [0.4, 0.5) is 0 Å². The maximum absolute atomic E-state index is 4.08. The second-order valence-electron chi connectivity index (χ2n) is 1.93. The van der Waals surface area contributed by atoms with Crippen molar-refractivity contribution in [3.8, 4) is 0 Å². The van der Waals surface area contributed by atoms with E-state index in [-0.39, 0.29) is 0 Å². The Morgan fingerprint density at radius 3 is 3.00 bits per heavy atom. The first-order valence-electron chi connectivity index (χ1n) is 3.00. The zero-order valence-corrected chi connectivity index (χ0v) is 7.50. The van der Waals surface area contributed by atoms with Gasteiger partial charge in [-0.15, -0.1) is 0 Å². The number of aromatic nitrogens is 2. The molecule has 0 aliphatic rings. The van der Waals surface area contributed by atoms with E-state index >= 15 is 0 Å². The van der Waals surface area contributed by atoms with E-state index in [9.17, 15) is 0 Å². The lowest BCUT2D eigenvalue weighted by Crippen LogP contribution is -1.90. The largest absolute Gasteiger partial charge is 0.336 e. The monoisotopic (exact) mass is 236 g/mol. The molecule has 1 aromatic rings. The number of imidazole rings is 1. The molecule has 0 amide bonds. The van der Waals surface area contributed by atoms with Gasteiger partial charge in [-0.2, -0.15) is 0 Å². The summed E-state index contributed by atoms with van der Waals surface area (Å²) in [6.45, 7) is 3.24. The molecule has 0 aromatic carbocycles. The number of halogens is 1. The van der Waals surface area contributed by atoms with Gasteiger partial charge in [-0.25, -0.2) is 4.98 Å². The predicted octanol–water partition coefficient (Wildman–Crippen LogP) is 1.90. The summed E-state index contributed by atoms with van der Waals surface area (Å²) >= 11 is 2.21. The molecule has 3 heteroatoms. The molecule has 0 bridgehead atoms. The molecule has 0 unspecified atom stereocenters.